The van der Waals surface area contributed by atoms with E-state index in [1.54, 1.807) is 6.92 Å². The summed E-state index contributed by atoms with van der Waals surface area (Å²) in [5.41, 5.74) is 5.71. The van der Waals surface area contributed by atoms with Crippen LogP contribution in [-0.4, -0.2) is 8.42 Å². The van der Waals surface area contributed by atoms with Gasteiger partial charge in [0, 0.05) is 4.91 Å². The summed E-state index contributed by atoms with van der Waals surface area (Å²) in [6, 6.07) is 3.85. The minimum Gasteiger partial charge on any atom is -0.219 e. The maximum Gasteiger partial charge on any atom is 0.203 e. The summed E-state index contributed by atoms with van der Waals surface area (Å²) >= 11 is 0. The Hall–Kier alpha value is -1.61. The van der Waals surface area contributed by atoms with Crippen molar-refractivity contribution in [3.63, 3.8) is 0 Å². The summed E-state index contributed by atoms with van der Waals surface area (Å²) < 4.78 is 26.1. The van der Waals surface area contributed by atoms with E-state index in [2.05, 4.69) is 0 Å². The molecule has 0 spiro atoms. The first-order valence-corrected chi connectivity index (χ1v) is 9.28. The van der Waals surface area contributed by atoms with Crippen LogP contribution >= 0.6 is 0 Å². The van der Waals surface area contributed by atoms with Crippen molar-refractivity contribution in [1.82, 2.24) is 0 Å². The first-order chi connectivity index (χ1) is 10.5. The molecule has 1 rings (SSSR count). The molecule has 23 heavy (non-hydrogen) atoms. The molecule has 126 valence electrons. The van der Waals surface area contributed by atoms with Crippen LogP contribution in [-0.2, 0) is 9.84 Å². The van der Waals surface area contributed by atoms with Crippen molar-refractivity contribution in [1.29, 1.82) is 0 Å². The lowest BCUT2D eigenvalue weighted by Crippen LogP contribution is -2.08. The molecule has 0 aliphatic heterocycles. The Bertz CT molecular complexity index is 777. The molecule has 0 aromatic heterocycles. The van der Waals surface area contributed by atoms with E-state index in [-0.39, 0.29) is 0 Å². The molecule has 0 fully saturated rings. The van der Waals surface area contributed by atoms with Crippen LogP contribution in [0.5, 0.6) is 0 Å². The summed E-state index contributed by atoms with van der Waals surface area (Å²) in [6.45, 7) is 15.3. The topological polar surface area (TPSA) is 34.1 Å². The van der Waals surface area contributed by atoms with Gasteiger partial charge < -0.3 is 0 Å². The lowest BCUT2D eigenvalue weighted by atomic mass is 10.1. The molecule has 0 saturated carbocycles. The number of aryl methyl sites for hydroxylation is 3. The number of rotatable bonds is 4. The van der Waals surface area contributed by atoms with E-state index in [4.69, 9.17) is 0 Å². The zero-order chi connectivity index (χ0) is 17.9. The first-order valence-electron chi connectivity index (χ1n) is 7.80. The Labute approximate surface area is 141 Å². The molecule has 3 heteroatoms. The molecule has 0 N–H and O–H groups in total. The maximum absolute atomic E-state index is 13.0. The van der Waals surface area contributed by atoms with E-state index in [1.165, 1.54) is 5.57 Å². The molecule has 0 unspecified atom stereocenters. The van der Waals surface area contributed by atoms with Gasteiger partial charge in [0.15, 0.2) is 0 Å². The van der Waals surface area contributed by atoms with Gasteiger partial charge in [-0.3, -0.25) is 0 Å². The van der Waals surface area contributed by atoms with Crippen LogP contribution in [0.15, 0.2) is 50.8 Å². The van der Waals surface area contributed by atoms with Crippen LogP contribution in [0.3, 0.4) is 0 Å². The van der Waals surface area contributed by atoms with Crippen molar-refractivity contribution in [3.8, 4) is 0 Å². The molecule has 0 saturated heterocycles. The van der Waals surface area contributed by atoms with Crippen molar-refractivity contribution in [2.45, 2.75) is 60.3 Å². The monoisotopic (exact) mass is 332 g/mol. The Balaban J connectivity index is 3.50. The number of benzene rings is 1. The fraction of sp³-hybridized carbons (Fsp3) is 0.400. The van der Waals surface area contributed by atoms with Crippen LogP contribution in [0.1, 0.15) is 51.3 Å². The highest BCUT2D eigenvalue weighted by molar-refractivity contribution is 7.95. The fourth-order valence-corrected chi connectivity index (χ4v) is 4.65. The van der Waals surface area contributed by atoms with E-state index in [0.717, 1.165) is 27.8 Å². The van der Waals surface area contributed by atoms with Gasteiger partial charge >= 0.3 is 0 Å². The Morgan fingerprint density at radius 2 is 1.35 bits per heavy atom. The van der Waals surface area contributed by atoms with Gasteiger partial charge in [-0.15, -0.1) is 0 Å². The SMILES string of the molecule is CC(C)=C/C(C)=C\C(C)=C(/C)S(=O)(=O)c1c(C)cc(C)cc1C. The summed E-state index contributed by atoms with van der Waals surface area (Å²) in [5.74, 6) is 0. The molecule has 0 radical (unpaired) electrons. The van der Waals surface area contributed by atoms with Gasteiger partial charge in [0.2, 0.25) is 9.84 Å². The van der Waals surface area contributed by atoms with Crippen molar-refractivity contribution >= 4 is 9.84 Å². The van der Waals surface area contributed by atoms with E-state index in [9.17, 15) is 8.42 Å². The van der Waals surface area contributed by atoms with E-state index in [1.807, 2.05) is 72.8 Å². The van der Waals surface area contributed by atoms with E-state index >= 15 is 0 Å². The van der Waals surface area contributed by atoms with Crippen LogP contribution < -0.4 is 0 Å². The third-order valence-corrected chi connectivity index (χ3v) is 6.10. The summed E-state index contributed by atoms with van der Waals surface area (Å²) in [6.07, 6.45) is 3.98. The highest BCUT2D eigenvalue weighted by atomic mass is 32.2. The minimum atomic E-state index is -3.48. The lowest BCUT2D eigenvalue weighted by Gasteiger charge is -2.14. The smallest absolute Gasteiger partial charge is 0.203 e. The predicted octanol–water partition coefficient (Wildman–Crippen LogP) is 5.59. The second-order valence-corrected chi connectivity index (χ2v) is 8.61. The molecule has 0 aliphatic carbocycles. The van der Waals surface area contributed by atoms with Gasteiger partial charge in [-0.05, 0) is 72.1 Å². The quantitative estimate of drug-likeness (QED) is 0.673. The second-order valence-electron chi connectivity index (χ2n) is 6.58. The number of hydrogen-bond acceptors (Lipinski definition) is 2. The van der Waals surface area contributed by atoms with Crippen LogP contribution in [0.2, 0.25) is 0 Å². The normalized spacial score (nSPS) is 13.7. The Morgan fingerprint density at radius 3 is 1.78 bits per heavy atom. The van der Waals surface area contributed by atoms with Gasteiger partial charge in [-0.25, -0.2) is 8.42 Å². The van der Waals surface area contributed by atoms with Gasteiger partial charge in [0.1, 0.15) is 0 Å². The highest BCUT2D eigenvalue weighted by Gasteiger charge is 2.23. The van der Waals surface area contributed by atoms with Gasteiger partial charge in [0.05, 0.1) is 4.90 Å². The van der Waals surface area contributed by atoms with Crippen LogP contribution in [0.4, 0.5) is 0 Å². The number of sulfone groups is 1. The number of hydrogen-bond donors (Lipinski definition) is 0. The summed E-state index contributed by atoms with van der Waals surface area (Å²) in [5, 5.41) is 0. The summed E-state index contributed by atoms with van der Waals surface area (Å²) in [7, 11) is -3.48. The largest absolute Gasteiger partial charge is 0.219 e. The molecular formula is C20H28O2S. The van der Waals surface area contributed by atoms with Crippen molar-refractivity contribution in [3.05, 3.63) is 62.6 Å². The Kier molecular flexibility index (Phi) is 6.18. The third-order valence-electron chi connectivity index (χ3n) is 3.79. The van der Waals surface area contributed by atoms with E-state index in [0.29, 0.717) is 9.80 Å². The van der Waals surface area contributed by atoms with Crippen LogP contribution in [0.25, 0.3) is 0 Å². The molecule has 1 aromatic rings. The second kappa shape index (κ2) is 7.31. The zero-order valence-corrected chi connectivity index (χ0v) is 16.4. The fourth-order valence-electron chi connectivity index (χ4n) is 2.90. The molecular weight excluding hydrogens is 304 g/mol. The standard InChI is InChI=1S/C20H28O2S/c1-13(2)9-14(3)10-16(5)19(8)23(21,22)20-17(6)11-15(4)12-18(20)7/h9-12H,1-8H3/b14-10-,19-16+. The predicted molar refractivity (Wildman–Crippen MR) is 99.4 cm³/mol. The molecule has 0 heterocycles. The molecule has 1 aromatic carbocycles. The lowest BCUT2D eigenvalue weighted by molar-refractivity contribution is 0.600. The minimum absolute atomic E-state index is 0.411. The molecule has 2 nitrogen and oxygen atoms in total. The molecule has 0 aliphatic rings. The van der Waals surface area contributed by atoms with Crippen molar-refractivity contribution in [2.24, 2.45) is 0 Å². The molecule has 0 amide bonds. The van der Waals surface area contributed by atoms with Crippen molar-refractivity contribution in [2.75, 3.05) is 0 Å². The van der Waals surface area contributed by atoms with Gasteiger partial charge in [-0.1, -0.05) is 41.0 Å². The first kappa shape index (κ1) is 19.4. The van der Waals surface area contributed by atoms with Crippen molar-refractivity contribution < 1.29 is 8.42 Å². The average Bonchev–Trinajstić information content (AvgIpc) is 2.34. The average molecular weight is 333 g/mol. The molecule has 0 bridgehead atoms. The van der Waals surface area contributed by atoms with Gasteiger partial charge in [-0.2, -0.15) is 0 Å². The van der Waals surface area contributed by atoms with Crippen LogP contribution in [0, 0.1) is 20.8 Å². The Morgan fingerprint density at radius 1 is 0.870 bits per heavy atom. The summed E-state index contributed by atoms with van der Waals surface area (Å²) in [4.78, 5) is 0.849. The number of allylic oxidation sites excluding steroid dienone is 6. The highest BCUT2D eigenvalue weighted by Crippen LogP contribution is 2.29. The third kappa shape index (κ3) is 4.68. The van der Waals surface area contributed by atoms with Gasteiger partial charge in [0.25, 0.3) is 0 Å². The molecule has 0 atom stereocenters. The van der Waals surface area contributed by atoms with E-state index < -0.39 is 9.84 Å². The zero-order valence-electron chi connectivity index (χ0n) is 15.5. The maximum atomic E-state index is 13.0.